The number of aromatic nitrogens is 2. The van der Waals surface area contributed by atoms with E-state index in [0.717, 1.165) is 42.3 Å². The van der Waals surface area contributed by atoms with E-state index in [1.807, 2.05) is 31.2 Å². The topological polar surface area (TPSA) is 56.1 Å². The molecule has 1 amide bonds. The number of carbonyl (C=O) groups is 1. The molecule has 0 aliphatic carbocycles. The van der Waals surface area contributed by atoms with Gasteiger partial charge in [0.05, 0.1) is 12.3 Å². The van der Waals surface area contributed by atoms with Crippen molar-refractivity contribution in [2.24, 2.45) is 7.05 Å². The van der Waals surface area contributed by atoms with Crippen LogP contribution in [0.5, 0.6) is 5.75 Å². The molecule has 0 aliphatic heterocycles. The molecule has 0 bridgehead atoms. The van der Waals surface area contributed by atoms with Gasteiger partial charge in [0.15, 0.2) is 0 Å². The first-order valence-electron chi connectivity index (χ1n) is 9.66. The van der Waals surface area contributed by atoms with Gasteiger partial charge in [0.1, 0.15) is 11.4 Å². The van der Waals surface area contributed by atoms with Crippen molar-refractivity contribution in [3.63, 3.8) is 0 Å². The number of benzene rings is 1. The first-order chi connectivity index (χ1) is 13.1. The summed E-state index contributed by atoms with van der Waals surface area (Å²) < 4.78 is 7.44. The second kappa shape index (κ2) is 11.7. The number of hydrogen-bond donors (Lipinski definition) is 1. The van der Waals surface area contributed by atoms with E-state index >= 15 is 0 Å². The Balaban J connectivity index is 1.70. The standard InChI is InChI=1S/C21H30ClN3O2/c1-17-14-20(25(2)24-17)21(26)23-16-18-10-9-11-19(15-18)27-13-8-6-4-3-5-7-12-22/h9-11,14-15H,3-8,12-13,16H2,1-2H3,(H,23,26). The molecule has 1 aromatic heterocycles. The molecule has 0 spiro atoms. The van der Waals surface area contributed by atoms with Gasteiger partial charge < -0.3 is 10.1 Å². The predicted molar refractivity (Wildman–Crippen MR) is 109 cm³/mol. The molecular weight excluding hydrogens is 362 g/mol. The van der Waals surface area contributed by atoms with Gasteiger partial charge in [0.25, 0.3) is 5.91 Å². The Labute approximate surface area is 167 Å². The molecule has 1 heterocycles. The molecule has 27 heavy (non-hydrogen) atoms. The van der Waals surface area contributed by atoms with Crippen LogP contribution in [0.4, 0.5) is 0 Å². The Morgan fingerprint density at radius 2 is 1.89 bits per heavy atom. The Morgan fingerprint density at radius 1 is 1.15 bits per heavy atom. The molecule has 1 aromatic carbocycles. The molecule has 0 atom stereocenters. The number of aryl methyl sites for hydroxylation is 2. The summed E-state index contributed by atoms with van der Waals surface area (Å²) in [6.07, 6.45) is 7.06. The van der Waals surface area contributed by atoms with E-state index in [2.05, 4.69) is 10.4 Å². The summed E-state index contributed by atoms with van der Waals surface area (Å²) in [5, 5.41) is 7.13. The van der Waals surface area contributed by atoms with Crippen molar-refractivity contribution in [1.29, 1.82) is 0 Å². The third-order valence-corrected chi connectivity index (χ3v) is 4.65. The van der Waals surface area contributed by atoms with Gasteiger partial charge in [-0.25, -0.2) is 0 Å². The normalized spacial score (nSPS) is 10.8. The fraction of sp³-hybridized carbons (Fsp3) is 0.524. The molecule has 0 saturated heterocycles. The highest BCUT2D eigenvalue weighted by Crippen LogP contribution is 2.15. The van der Waals surface area contributed by atoms with E-state index in [4.69, 9.17) is 16.3 Å². The van der Waals surface area contributed by atoms with Gasteiger partial charge in [-0.05, 0) is 43.5 Å². The van der Waals surface area contributed by atoms with Crippen LogP contribution >= 0.6 is 11.6 Å². The molecule has 0 radical (unpaired) electrons. The van der Waals surface area contributed by atoms with E-state index < -0.39 is 0 Å². The van der Waals surface area contributed by atoms with E-state index in [1.165, 1.54) is 25.7 Å². The highest BCUT2D eigenvalue weighted by Gasteiger charge is 2.11. The van der Waals surface area contributed by atoms with Crippen molar-refractivity contribution >= 4 is 17.5 Å². The van der Waals surface area contributed by atoms with Crippen LogP contribution < -0.4 is 10.1 Å². The lowest BCUT2D eigenvalue weighted by Crippen LogP contribution is -2.25. The molecule has 1 N–H and O–H groups in total. The molecule has 2 aromatic rings. The highest BCUT2D eigenvalue weighted by molar-refractivity contribution is 6.17. The minimum Gasteiger partial charge on any atom is -0.494 e. The molecule has 6 heteroatoms. The van der Waals surface area contributed by atoms with E-state index in [0.29, 0.717) is 12.2 Å². The minimum atomic E-state index is -0.126. The number of ether oxygens (including phenoxy) is 1. The lowest BCUT2D eigenvalue weighted by Gasteiger charge is -2.09. The van der Waals surface area contributed by atoms with Crippen LogP contribution in [0.15, 0.2) is 30.3 Å². The second-order valence-electron chi connectivity index (χ2n) is 6.78. The quantitative estimate of drug-likeness (QED) is 0.424. The third-order valence-electron chi connectivity index (χ3n) is 4.38. The van der Waals surface area contributed by atoms with Gasteiger partial charge in [-0.3, -0.25) is 9.48 Å². The van der Waals surface area contributed by atoms with Gasteiger partial charge in [-0.15, -0.1) is 11.6 Å². The average molecular weight is 392 g/mol. The van der Waals surface area contributed by atoms with Crippen molar-refractivity contribution in [3.05, 3.63) is 47.3 Å². The number of carbonyl (C=O) groups excluding carboxylic acids is 1. The van der Waals surface area contributed by atoms with Crippen LogP contribution in [0.2, 0.25) is 0 Å². The number of halogens is 1. The minimum absolute atomic E-state index is 0.126. The smallest absolute Gasteiger partial charge is 0.269 e. The van der Waals surface area contributed by atoms with Crippen LogP contribution in [-0.2, 0) is 13.6 Å². The average Bonchev–Trinajstić information content (AvgIpc) is 3.00. The van der Waals surface area contributed by atoms with E-state index in [9.17, 15) is 4.79 Å². The van der Waals surface area contributed by atoms with Gasteiger partial charge in [-0.2, -0.15) is 5.10 Å². The largest absolute Gasteiger partial charge is 0.494 e. The maximum Gasteiger partial charge on any atom is 0.269 e. The zero-order valence-corrected chi connectivity index (χ0v) is 17.1. The number of alkyl halides is 1. The molecule has 0 unspecified atom stereocenters. The maximum absolute atomic E-state index is 12.3. The van der Waals surface area contributed by atoms with Crippen molar-refractivity contribution in [1.82, 2.24) is 15.1 Å². The zero-order valence-electron chi connectivity index (χ0n) is 16.3. The molecule has 2 rings (SSSR count). The summed E-state index contributed by atoms with van der Waals surface area (Å²) in [4.78, 5) is 12.3. The maximum atomic E-state index is 12.3. The summed E-state index contributed by atoms with van der Waals surface area (Å²) in [5.41, 5.74) is 2.41. The molecule has 0 aliphatic rings. The number of rotatable bonds is 12. The fourth-order valence-electron chi connectivity index (χ4n) is 2.93. The Morgan fingerprint density at radius 3 is 2.59 bits per heavy atom. The third kappa shape index (κ3) is 7.63. The molecule has 0 saturated carbocycles. The lowest BCUT2D eigenvalue weighted by atomic mass is 10.1. The van der Waals surface area contributed by atoms with Crippen molar-refractivity contribution in [2.45, 2.75) is 52.0 Å². The summed E-state index contributed by atoms with van der Waals surface area (Å²) >= 11 is 5.68. The summed E-state index contributed by atoms with van der Waals surface area (Å²) in [5.74, 6) is 1.49. The Hall–Kier alpha value is -2.01. The number of nitrogens with one attached hydrogen (secondary N) is 1. The van der Waals surface area contributed by atoms with Crippen molar-refractivity contribution in [2.75, 3.05) is 12.5 Å². The van der Waals surface area contributed by atoms with Crippen LogP contribution in [0.25, 0.3) is 0 Å². The van der Waals surface area contributed by atoms with Gasteiger partial charge >= 0.3 is 0 Å². The highest BCUT2D eigenvalue weighted by atomic mass is 35.5. The number of nitrogens with zero attached hydrogens (tertiary/aromatic N) is 2. The van der Waals surface area contributed by atoms with Gasteiger partial charge in [-0.1, -0.05) is 37.8 Å². The predicted octanol–water partition coefficient (Wildman–Crippen LogP) is 4.62. The Kier molecular flexibility index (Phi) is 9.19. The van der Waals surface area contributed by atoms with E-state index in [-0.39, 0.29) is 5.91 Å². The number of hydrogen-bond acceptors (Lipinski definition) is 3. The number of unbranched alkanes of at least 4 members (excludes halogenated alkanes) is 5. The SMILES string of the molecule is Cc1cc(C(=O)NCc2cccc(OCCCCCCCCCl)c2)n(C)n1. The van der Waals surface area contributed by atoms with Crippen LogP contribution in [-0.4, -0.2) is 28.2 Å². The van der Waals surface area contributed by atoms with Crippen LogP contribution in [0.1, 0.15) is 60.3 Å². The van der Waals surface area contributed by atoms with Gasteiger partial charge in [0.2, 0.25) is 0 Å². The molecular formula is C21H30ClN3O2. The van der Waals surface area contributed by atoms with Crippen LogP contribution in [0, 0.1) is 6.92 Å². The van der Waals surface area contributed by atoms with E-state index in [1.54, 1.807) is 17.8 Å². The summed E-state index contributed by atoms with van der Waals surface area (Å²) in [7, 11) is 1.77. The summed E-state index contributed by atoms with van der Waals surface area (Å²) in [6, 6.07) is 9.66. The molecule has 0 fully saturated rings. The van der Waals surface area contributed by atoms with Crippen molar-refractivity contribution in [3.8, 4) is 5.75 Å². The molecule has 5 nitrogen and oxygen atoms in total. The molecule has 148 valence electrons. The fourth-order valence-corrected chi connectivity index (χ4v) is 3.12. The monoisotopic (exact) mass is 391 g/mol. The first kappa shape index (κ1) is 21.3. The van der Waals surface area contributed by atoms with Crippen LogP contribution in [0.3, 0.4) is 0 Å². The first-order valence-corrected chi connectivity index (χ1v) is 10.2. The number of amides is 1. The van der Waals surface area contributed by atoms with Gasteiger partial charge in [0, 0.05) is 19.5 Å². The van der Waals surface area contributed by atoms with Crippen molar-refractivity contribution < 1.29 is 9.53 Å². The zero-order chi connectivity index (χ0) is 19.5. The second-order valence-corrected chi connectivity index (χ2v) is 7.16. The lowest BCUT2D eigenvalue weighted by molar-refractivity contribution is 0.0941. The Bertz CT molecular complexity index is 715. The summed E-state index contributed by atoms with van der Waals surface area (Å²) in [6.45, 7) is 3.05.